The summed E-state index contributed by atoms with van der Waals surface area (Å²) in [5.41, 5.74) is 2.74. The molecule has 2 fully saturated rings. The van der Waals surface area contributed by atoms with E-state index in [9.17, 15) is 4.79 Å². The van der Waals surface area contributed by atoms with Gasteiger partial charge >= 0.3 is 5.97 Å². The first kappa shape index (κ1) is 18.2. The Balaban J connectivity index is 1.49. The van der Waals surface area contributed by atoms with Crippen LogP contribution >= 0.6 is 0 Å². The zero-order valence-electron chi connectivity index (χ0n) is 15.6. The van der Waals surface area contributed by atoms with Gasteiger partial charge in [0.15, 0.2) is 0 Å². The molecule has 0 unspecified atom stereocenters. The van der Waals surface area contributed by atoms with E-state index < -0.39 is 0 Å². The third-order valence-electron chi connectivity index (χ3n) is 5.63. The zero-order chi connectivity index (χ0) is 17.6. The number of benzene rings is 1. The van der Waals surface area contributed by atoms with Crippen LogP contribution in [-0.2, 0) is 9.53 Å². The fourth-order valence-corrected chi connectivity index (χ4v) is 4.13. The van der Waals surface area contributed by atoms with E-state index >= 15 is 0 Å². The van der Waals surface area contributed by atoms with E-state index in [-0.39, 0.29) is 5.97 Å². The summed E-state index contributed by atoms with van der Waals surface area (Å²) in [4.78, 5) is 19.0. The first-order valence-electron chi connectivity index (χ1n) is 9.51. The number of anilines is 1. The van der Waals surface area contributed by atoms with Crippen LogP contribution in [-0.4, -0.2) is 74.7 Å². The SMILES string of the molecule is COC(=O)CCN1CCC[C@@H](N2CCN(c3ccccc3C)CC2)C1. The molecule has 5 nitrogen and oxygen atoms in total. The first-order valence-corrected chi connectivity index (χ1v) is 9.51. The number of carbonyl (C=O) groups is 1. The summed E-state index contributed by atoms with van der Waals surface area (Å²) in [6.07, 6.45) is 3.01. The van der Waals surface area contributed by atoms with E-state index in [1.807, 2.05) is 0 Å². The van der Waals surface area contributed by atoms with Crippen molar-refractivity contribution < 1.29 is 9.53 Å². The lowest BCUT2D eigenvalue weighted by molar-refractivity contribution is -0.141. The molecule has 0 bridgehead atoms. The van der Waals surface area contributed by atoms with Gasteiger partial charge in [0.2, 0.25) is 0 Å². The standard InChI is InChI=1S/C20H31N3O2/c1-17-6-3-4-8-19(17)23-14-12-22(13-15-23)18-7-5-10-21(16-18)11-9-20(24)25-2/h3-4,6,8,18H,5,7,9-16H2,1-2H3/t18-/m1/s1. The highest BCUT2D eigenvalue weighted by atomic mass is 16.5. The molecule has 3 rings (SSSR count). The van der Waals surface area contributed by atoms with Crippen LogP contribution in [0.2, 0.25) is 0 Å². The van der Waals surface area contributed by atoms with Crippen molar-refractivity contribution in [3.05, 3.63) is 29.8 Å². The second-order valence-corrected chi connectivity index (χ2v) is 7.23. The lowest BCUT2D eigenvalue weighted by Gasteiger charge is -2.44. The Kier molecular flexibility index (Phi) is 6.32. The maximum atomic E-state index is 11.4. The van der Waals surface area contributed by atoms with Crippen molar-refractivity contribution in [2.24, 2.45) is 0 Å². The topological polar surface area (TPSA) is 36.0 Å². The molecule has 0 N–H and O–H groups in total. The van der Waals surface area contributed by atoms with Gasteiger partial charge in [-0.2, -0.15) is 0 Å². The maximum Gasteiger partial charge on any atom is 0.306 e. The number of likely N-dealkylation sites (tertiary alicyclic amines) is 1. The molecule has 0 spiro atoms. The van der Waals surface area contributed by atoms with Gasteiger partial charge in [0, 0.05) is 51.0 Å². The van der Waals surface area contributed by atoms with Crippen LogP contribution < -0.4 is 4.90 Å². The van der Waals surface area contributed by atoms with Crippen molar-refractivity contribution in [3.63, 3.8) is 0 Å². The third kappa shape index (κ3) is 4.73. The summed E-state index contributed by atoms with van der Waals surface area (Å²) in [6, 6.07) is 9.31. The van der Waals surface area contributed by atoms with Gasteiger partial charge in [0.1, 0.15) is 0 Å². The summed E-state index contributed by atoms with van der Waals surface area (Å²) in [5.74, 6) is -0.103. The number of carbonyl (C=O) groups excluding carboxylic acids is 1. The van der Waals surface area contributed by atoms with Crippen LogP contribution in [0.15, 0.2) is 24.3 Å². The van der Waals surface area contributed by atoms with E-state index in [4.69, 9.17) is 4.74 Å². The number of para-hydroxylation sites is 1. The van der Waals surface area contributed by atoms with Gasteiger partial charge in [-0.3, -0.25) is 9.69 Å². The number of hydrogen-bond acceptors (Lipinski definition) is 5. The number of ether oxygens (including phenoxy) is 1. The number of methoxy groups -OCH3 is 1. The molecule has 2 aliphatic heterocycles. The number of piperazine rings is 1. The van der Waals surface area contributed by atoms with Crippen molar-refractivity contribution in [2.45, 2.75) is 32.2 Å². The van der Waals surface area contributed by atoms with Crippen LogP contribution in [0, 0.1) is 6.92 Å². The molecule has 1 aromatic carbocycles. The fourth-order valence-electron chi connectivity index (χ4n) is 4.13. The molecule has 0 radical (unpaired) electrons. The summed E-state index contributed by atoms with van der Waals surface area (Å²) in [6.45, 7) is 9.67. The first-order chi connectivity index (χ1) is 12.2. The molecular formula is C20H31N3O2. The van der Waals surface area contributed by atoms with E-state index in [1.165, 1.54) is 31.2 Å². The van der Waals surface area contributed by atoms with Gasteiger partial charge in [-0.15, -0.1) is 0 Å². The van der Waals surface area contributed by atoms with E-state index in [0.717, 1.165) is 45.8 Å². The predicted octanol–water partition coefficient (Wildman–Crippen LogP) is 2.14. The molecule has 0 amide bonds. The fraction of sp³-hybridized carbons (Fsp3) is 0.650. The minimum atomic E-state index is -0.103. The summed E-state index contributed by atoms with van der Waals surface area (Å²) in [5, 5.41) is 0. The second-order valence-electron chi connectivity index (χ2n) is 7.23. The van der Waals surface area contributed by atoms with Crippen molar-refractivity contribution in [1.82, 2.24) is 9.80 Å². The van der Waals surface area contributed by atoms with Gasteiger partial charge in [-0.05, 0) is 37.9 Å². The molecular weight excluding hydrogens is 314 g/mol. The summed E-state index contributed by atoms with van der Waals surface area (Å²) in [7, 11) is 1.47. The molecule has 2 saturated heterocycles. The van der Waals surface area contributed by atoms with Crippen molar-refractivity contribution in [3.8, 4) is 0 Å². The molecule has 138 valence electrons. The largest absolute Gasteiger partial charge is 0.469 e. The highest BCUT2D eigenvalue weighted by Crippen LogP contribution is 2.23. The van der Waals surface area contributed by atoms with Crippen LogP contribution in [0.1, 0.15) is 24.8 Å². The smallest absolute Gasteiger partial charge is 0.306 e. The number of esters is 1. The highest BCUT2D eigenvalue weighted by molar-refractivity contribution is 5.69. The Bertz CT molecular complexity index is 570. The molecule has 2 aliphatic rings. The molecule has 2 heterocycles. The average molecular weight is 345 g/mol. The van der Waals surface area contributed by atoms with Crippen molar-refractivity contribution in [1.29, 1.82) is 0 Å². The molecule has 0 saturated carbocycles. The second kappa shape index (κ2) is 8.68. The van der Waals surface area contributed by atoms with Gasteiger partial charge in [0.05, 0.1) is 13.5 Å². The Labute approximate surface area is 151 Å². The average Bonchev–Trinajstić information content (AvgIpc) is 2.67. The number of nitrogens with zero attached hydrogens (tertiary/aromatic N) is 3. The van der Waals surface area contributed by atoms with Crippen molar-refractivity contribution >= 4 is 11.7 Å². The van der Waals surface area contributed by atoms with Crippen LogP contribution in [0.5, 0.6) is 0 Å². The lowest BCUT2D eigenvalue weighted by Crippen LogP contribution is -2.55. The molecule has 0 aromatic heterocycles. The molecule has 5 heteroatoms. The molecule has 25 heavy (non-hydrogen) atoms. The van der Waals surface area contributed by atoms with Gasteiger partial charge in [-0.1, -0.05) is 18.2 Å². The van der Waals surface area contributed by atoms with Gasteiger partial charge in [0.25, 0.3) is 0 Å². The zero-order valence-corrected chi connectivity index (χ0v) is 15.6. The summed E-state index contributed by atoms with van der Waals surface area (Å²) < 4.78 is 4.77. The Hall–Kier alpha value is -1.59. The number of rotatable bonds is 5. The number of aryl methyl sites for hydroxylation is 1. The highest BCUT2D eigenvalue weighted by Gasteiger charge is 2.28. The normalized spacial score (nSPS) is 22.8. The van der Waals surface area contributed by atoms with Crippen LogP contribution in [0.4, 0.5) is 5.69 Å². The number of hydrogen-bond donors (Lipinski definition) is 0. The van der Waals surface area contributed by atoms with Crippen LogP contribution in [0.3, 0.4) is 0 Å². The van der Waals surface area contributed by atoms with Gasteiger partial charge < -0.3 is 14.5 Å². The lowest BCUT2D eigenvalue weighted by atomic mass is 10.0. The third-order valence-corrected chi connectivity index (χ3v) is 5.63. The van der Waals surface area contributed by atoms with Crippen molar-refractivity contribution in [2.75, 3.05) is 57.8 Å². The quantitative estimate of drug-likeness (QED) is 0.764. The summed E-state index contributed by atoms with van der Waals surface area (Å²) >= 11 is 0. The molecule has 1 aromatic rings. The predicted molar refractivity (Wildman–Crippen MR) is 101 cm³/mol. The van der Waals surface area contributed by atoms with E-state index in [1.54, 1.807) is 0 Å². The Morgan fingerprint density at radius 3 is 2.64 bits per heavy atom. The Morgan fingerprint density at radius 1 is 1.16 bits per heavy atom. The van der Waals surface area contributed by atoms with E-state index in [0.29, 0.717) is 12.5 Å². The minimum Gasteiger partial charge on any atom is -0.469 e. The molecule has 1 atom stereocenters. The van der Waals surface area contributed by atoms with E-state index in [2.05, 4.69) is 45.9 Å². The Morgan fingerprint density at radius 2 is 1.92 bits per heavy atom. The van der Waals surface area contributed by atoms with Crippen LogP contribution in [0.25, 0.3) is 0 Å². The van der Waals surface area contributed by atoms with Gasteiger partial charge in [-0.25, -0.2) is 0 Å². The minimum absolute atomic E-state index is 0.103. The molecule has 0 aliphatic carbocycles. The maximum absolute atomic E-state index is 11.4. The number of piperidine rings is 1. The monoisotopic (exact) mass is 345 g/mol.